The summed E-state index contributed by atoms with van der Waals surface area (Å²) in [5.74, 6) is -0.596. The van der Waals surface area contributed by atoms with Crippen LogP contribution in [0.25, 0.3) is 0 Å². The van der Waals surface area contributed by atoms with Crippen LogP contribution in [-0.2, 0) is 6.54 Å². The fourth-order valence-corrected chi connectivity index (χ4v) is 3.55. The zero-order valence-corrected chi connectivity index (χ0v) is 16.7. The molecule has 1 aliphatic rings. The van der Waals surface area contributed by atoms with E-state index in [4.69, 9.17) is 28.3 Å². The Labute approximate surface area is 173 Å². The maximum Gasteiger partial charge on any atom is 0.354 e. The molecule has 0 radical (unpaired) electrons. The Morgan fingerprint density at radius 1 is 1.14 bits per heavy atom. The van der Waals surface area contributed by atoms with Crippen molar-refractivity contribution in [1.29, 1.82) is 0 Å². The van der Waals surface area contributed by atoms with Crippen LogP contribution >= 0.6 is 23.2 Å². The normalized spacial score (nSPS) is 14.9. The molecule has 2 aromatic rings. The van der Waals surface area contributed by atoms with Crippen molar-refractivity contribution in [3.8, 4) is 0 Å². The first-order chi connectivity index (χ1) is 13.4. The molecular formula is C20H21Cl2N3O3. The molecule has 1 amide bonds. The molecule has 1 saturated heterocycles. The quantitative estimate of drug-likeness (QED) is 0.742. The third kappa shape index (κ3) is 5.22. The fraction of sp³-hybridized carbons (Fsp3) is 0.350. The number of carboxylic acids is 1. The number of nitrogens with one attached hydrogen (secondary N) is 1. The largest absolute Gasteiger partial charge is 0.477 e. The van der Waals surface area contributed by atoms with Crippen molar-refractivity contribution < 1.29 is 14.7 Å². The monoisotopic (exact) mass is 421 g/mol. The van der Waals surface area contributed by atoms with Crippen molar-refractivity contribution in [3.63, 3.8) is 0 Å². The molecule has 6 nitrogen and oxygen atoms in total. The minimum Gasteiger partial charge on any atom is -0.477 e. The lowest BCUT2D eigenvalue weighted by molar-refractivity contribution is 0.0680. The first-order valence-corrected chi connectivity index (χ1v) is 9.84. The van der Waals surface area contributed by atoms with Crippen molar-refractivity contribution in [2.24, 2.45) is 5.92 Å². The van der Waals surface area contributed by atoms with E-state index in [1.807, 2.05) is 4.90 Å². The number of hydrogen-bond acceptors (Lipinski definition) is 4. The number of piperidine rings is 1. The molecule has 0 atom stereocenters. The highest BCUT2D eigenvalue weighted by Gasteiger charge is 2.23. The second-order valence-electron chi connectivity index (χ2n) is 6.81. The van der Waals surface area contributed by atoms with Gasteiger partial charge in [-0.2, -0.15) is 0 Å². The third-order valence-electron chi connectivity index (χ3n) is 4.83. The molecule has 3 rings (SSSR count). The van der Waals surface area contributed by atoms with Crippen LogP contribution in [0.4, 0.5) is 0 Å². The summed E-state index contributed by atoms with van der Waals surface area (Å²) in [5, 5.41) is 13.1. The average molecular weight is 422 g/mol. The molecule has 0 aliphatic carbocycles. The number of carbonyl (C=O) groups excluding carboxylic acids is 1. The molecule has 0 spiro atoms. The Morgan fingerprint density at radius 2 is 1.89 bits per heavy atom. The predicted octanol–water partition coefficient (Wildman–Crippen LogP) is 3.73. The van der Waals surface area contributed by atoms with Gasteiger partial charge in [0.05, 0.1) is 15.7 Å². The highest BCUT2D eigenvalue weighted by atomic mass is 35.5. The number of pyridine rings is 1. The van der Waals surface area contributed by atoms with Gasteiger partial charge in [-0.05, 0) is 55.6 Å². The van der Waals surface area contributed by atoms with Crippen molar-refractivity contribution in [1.82, 2.24) is 15.2 Å². The smallest absolute Gasteiger partial charge is 0.354 e. The minimum atomic E-state index is -1.03. The van der Waals surface area contributed by atoms with E-state index >= 15 is 0 Å². The van der Waals surface area contributed by atoms with E-state index in [2.05, 4.69) is 10.3 Å². The lowest BCUT2D eigenvalue weighted by Gasteiger charge is -2.32. The Bertz CT molecular complexity index is 868. The second-order valence-corrected chi connectivity index (χ2v) is 7.63. The number of likely N-dealkylation sites (tertiary alicyclic amines) is 1. The molecule has 148 valence electrons. The summed E-state index contributed by atoms with van der Waals surface area (Å²) in [5.41, 5.74) is 1.30. The van der Waals surface area contributed by atoms with Crippen molar-refractivity contribution >= 4 is 35.1 Å². The van der Waals surface area contributed by atoms with E-state index in [1.165, 1.54) is 6.07 Å². The number of carbonyl (C=O) groups is 2. The van der Waals surface area contributed by atoms with Crippen LogP contribution in [0.3, 0.4) is 0 Å². The maximum absolute atomic E-state index is 12.6. The van der Waals surface area contributed by atoms with E-state index in [0.29, 0.717) is 46.9 Å². The lowest BCUT2D eigenvalue weighted by atomic mass is 9.96. The first-order valence-electron chi connectivity index (χ1n) is 9.08. The Kier molecular flexibility index (Phi) is 6.88. The average Bonchev–Trinajstić information content (AvgIpc) is 2.70. The standard InChI is InChI=1S/C20H21Cl2N3O3/c21-16-5-4-14(10-17(16)22)19(26)25-8-6-13(7-9-25)11-23-12-15-2-1-3-18(24-15)20(27)28/h1-5,10,13,23H,6-9,11-12H2,(H,27,28). The lowest BCUT2D eigenvalue weighted by Crippen LogP contribution is -2.40. The van der Waals surface area contributed by atoms with Gasteiger partial charge in [0, 0.05) is 25.2 Å². The van der Waals surface area contributed by atoms with Gasteiger partial charge < -0.3 is 15.3 Å². The molecule has 0 unspecified atom stereocenters. The summed E-state index contributed by atoms with van der Waals surface area (Å²) < 4.78 is 0. The molecule has 28 heavy (non-hydrogen) atoms. The van der Waals surface area contributed by atoms with Gasteiger partial charge in [-0.25, -0.2) is 9.78 Å². The van der Waals surface area contributed by atoms with Crippen LogP contribution < -0.4 is 5.32 Å². The number of aromatic carboxylic acids is 1. The van der Waals surface area contributed by atoms with Gasteiger partial charge in [0.1, 0.15) is 5.69 Å². The molecule has 1 fully saturated rings. The van der Waals surface area contributed by atoms with E-state index in [1.54, 1.807) is 30.3 Å². The number of benzene rings is 1. The fourth-order valence-electron chi connectivity index (χ4n) is 3.25. The van der Waals surface area contributed by atoms with Gasteiger partial charge in [-0.1, -0.05) is 29.3 Å². The van der Waals surface area contributed by atoms with Gasteiger partial charge in [0.25, 0.3) is 5.91 Å². The number of carboxylic acid groups (broad SMARTS) is 1. The van der Waals surface area contributed by atoms with Crippen molar-refractivity contribution in [2.45, 2.75) is 19.4 Å². The minimum absolute atomic E-state index is 0.0281. The summed E-state index contributed by atoms with van der Waals surface area (Å²) in [6.45, 7) is 2.70. The van der Waals surface area contributed by atoms with Gasteiger partial charge in [-0.15, -0.1) is 0 Å². The summed E-state index contributed by atoms with van der Waals surface area (Å²) in [6.07, 6.45) is 1.81. The summed E-state index contributed by atoms with van der Waals surface area (Å²) >= 11 is 11.9. The van der Waals surface area contributed by atoms with Crippen LogP contribution in [0, 0.1) is 5.92 Å². The maximum atomic E-state index is 12.6. The number of nitrogens with zero attached hydrogens (tertiary/aromatic N) is 2. The van der Waals surface area contributed by atoms with E-state index < -0.39 is 5.97 Å². The first kappa shape index (κ1) is 20.6. The topological polar surface area (TPSA) is 82.5 Å². The van der Waals surface area contributed by atoms with Crippen LogP contribution in [0.5, 0.6) is 0 Å². The highest BCUT2D eigenvalue weighted by molar-refractivity contribution is 6.42. The summed E-state index contributed by atoms with van der Waals surface area (Å²) in [6, 6.07) is 9.92. The van der Waals surface area contributed by atoms with Crippen LogP contribution in [0.15, 0.2) is 36.4 Å². The SMILES string of the molecule is O=C(O)c1cccc(CNCC2CCN(C(=O)c3ccc(Cl)c(Cl)c3)CC2)n1. The molecule has 0 bridgehead atoms. The highest BCUT2D eigenvalue weighted by Crippen LogP contribution is 2.24. The molecule has 8 heteroatoms. The van der Waals surface area contributed by atoms with Gasteiger partial charge >= 0.3 is 5.97 Å². The van der Waals surface area contributed by atoms with Crippen molar-refractivity contribution in [2.75, 3.05) is 19.6 Å². The van der Waals surface area contributed by atoms with E-state index in [-0.39, 0.29) is 11.6 Å². The van der Waals surface area contributed by atoms with E-state index in [9.17, 15) is 9.59 Å². The van der Waals surface area contributed by atoms with Gasteiger partial charge in [0.15, 0.2) is 0 Å². The molecule has 0 saturated carbocycles. The molecule has 2 heterocycles. The molecule has 1 aromatic carbocycles. The molecule has 1 aromatic heterocycles. The number of hydrogen-bond donors (Lipinski definition) is 2. The number of rotatable bonds is 6. The van der Waals surface area contributed by atoms with Crippen molar-refractivity contribution in [3.05, 3.63) is 63.4 Å². The van der Waals surface area contributed by atoms with Gasteiger partial charge in [-0.3, -0.25) is 4.79 Å². The molecule has 2 N–H and O–H groups in total. The van der Waals surface area contributed by atoms with Crippen LogP contribution in [0.1, 0.15) is 39.4 Å². The van der Waals surface area contributed by atoms with Crippen LogP contribution in [0.2, 0.25) is 10.0 Å². The Balaban J connectivity index is 1.45. The predicted molar refractivity (Wildman–Crippen MR) is 108 cm³/mol. The zero-order valence-electron chi connectivity index (χ0n) is 15.2. The Hall–Kier alpha value is -2.15. The number of aromatic nitrogens is 1. The summed E-state index contributed by atoms with van der Waals surface area (Å²) in [4.78, 5) is 29.5. The number of halogens is 2. The Morgan fingerprint density at radius 3 is 2.57 bits per heavy atom. The third-order valence-corrected chi connectivity index (χ3v) is 5.57. The van der Waals surface area contributed by atoms with Crippen LogP contribution in [-0.4, -0.2) is 46.5 Å². The summed E-state index contributed by atoms with van der Waals surface area (Å²) in [7, 11) is 0. The zero-order chi connectivity index (χ0) is 20.1. The molecular weight excluding hydrogens is 401 g/mol. The second kappa shape index (κ2) is 9.37. The number of amides is 1. The van der Waals surface area contributed by atoms with E-state index in [0.717, 1.165) is 19.4 Å². The molecule has 1 aliphatic heterocycles. The van der Waals surface area contributed by atoms with Gasteiger partial charge in [0.2, 0.25) is 0 Å².